The fourth-order valence-electron chi connectivity index (χ4n) is 1.78. The quantitative estimate of drug-likeness (QED) is 0.739. The molecule has 1 heterocycles. The Labute approximate surface area is 96.5 Å². The minimum atomic E-state index is -0.259. The lowest BCUT2D eigenvalue weighted by atomic mass is 9.95. The van der Waals surface area contributed by atoms with Crippen LogP contribution in [0.15, 0.2) is 0 Å². The van der Waals surface area contributed by atoms with Gasteiger partial charge in [0.15, 0.2) is 0 Å². The molecule has 1 saturated heterocycles. The van der Waals surface area contributed by atoms with E-state index in [1.54, 1.807) is 0 Å². The van der Waals surface area contributed by atoms with Crippen LogP contribution in [0.2, 0.25) is 0 Å². The molecule has 1 aliphatic heterocycles. The highest BCUT2D eigenvalue weighted by Gasteiger charge is 2.31. The van der Waals surface area contributed by atoms with Gasteiger partial charge < -0.3 is 10.1 Å². The molecule has 3 nitrogen and oxygen atoms in total. The normalized spacial score (nSPS) is 21.7. The van der Waals surface area contributed by atoms with E-state index in [2.05, 4.69) is 5.32 Å². The topological polar surface area (TPSA) is 38.3 Å². The molecule has 1 amide bonds. The van der Waals surface area contributed by atoms with Gasteiger partial charge in [0, 0.05) is 12.5 Å². The zero-order valence-corrected chi connectivity index (χ0v) is 10.3. The number of amides is 1. The van der Waals surface area contributed by atoms with E-state index >= 15 is 0 Å². The number of hydrogen-bond donors (Lipinski definition) is 1. The Hall–Kier alpha value is -0.280. The first-order valence-electron chi connectivity index (χ1n) is 5.67. The molecule has 0 aromatic carbocycles. The van der Waals surface area contributed by atoms with Crippen LogP contribution in [-0.2, 0) is 9.53 Å². The van der Waals surface area contributed by atoms with Crippen molar-refractivity contribution in [1.29, 1.82) is 0 Å². The summed E-state index contributed by atoms with van der Waals surface area (Å²) in [7, 11) is 0. The smallest absolute Gasteiger partial charge is 0.249 e. The van der Waals surface area contributed by atoms with Crippen molar-refractivity contribution in [3.8, 4) is 0 Å². The summed E-state index contributed by atoms with van der Waals surface area (Å²) in [5.74, 6) is 0.454. The summed E-state index contributed by atoms with van der Waals surface area (Å²) in [6.07, 6.45) is 3.25. The van der Waals surface area contributed by atoms with Gasteiger partial charge in [-0.1, -0.05) is 13.8 Å². The maximum absolute atomic E-state index is 11.8. The summed E-state index contributed by atoms with van der Waals surface area (Å²) in [6.45, 7) is 4.79. The molecule has 1 unspecified atom stereocenters. The molecule has 0 aromatic heterocycles. The van der Waals surface area contributed by atoms with Crippen LogP contribution in [0, 0.1) is 0 Å². The summed E-state index contributed by atoms with van der Waals surface area (Å²) < 4.78 is 5.34. The molecule has 1 atom stereocenters. The molecule has 0 aliphatic carbocycles. The number of alkyl halides is 1. The molecule has 1 fully saturated rings. The van der Waals surface area contributed by atoms with Crippen LogP contribution >= 0.6 is 11.6 Å². The average molecular weight is 234 g/mol. The van der Waals surface area contributed by atoms with Crippen LogP contribution < -0.4 is 5.32 Å². The number of carbonyl (C=O) groups excluding carboxylic acids is 1. The Morgan fingerprint density at radius 3 is 2.60 bits per heavy atom. The van der Waals surface area contributed by atoms with Crippen molar-refractivity contribution in [2.45, 2.75) is 51.2 Å². The molecule has 0 aromatic rings. The van der Waals surface area contributed by atoms with Gasteiger partial charge in [-0.05, 0) is 25.7 Å². The van der Waals surface area contributed by atoms with Crippen LogP contribution in [0.1, 0.15) is 39.5 Å². The Kier molecular flexibility index (Phi) is 4.87. The second-order valence-electron chi connectivity index (χ2n) is 4.11. The zero-order chi connectivity index (χ0) is 11.3. The van der Waals surface area contributed by atoms with E-state index in [0.29, 0.717) is 12.5 Å². The first-order chi connectivity index (χ1) is 7.17. The van der Waals surface area contributed by atoms with Gasteiger partial charge in [0.2, 0.25) is 5.91 Å². The number of hydrogen-bond acceptors (Lipinski definition) is 2. The Balaban J connectivity index is 2.53. The lowest BCUT2D eigenvalue weighted by Crippen LogP contribution is -2.52. The third-order valence-corrected chi connectivity index (χ3v) is 3.73. The highest BCUT2D eigenvalue weighted by atomic mass is 35.5. The van der Waals surface area contributed by atoms with Gasteiger partial charge in [0.05, 0.1) is 5.54 Å². The first kappa shape index (κ1) is 12.8. The molecule has 0 bridgehead atoms. The van der Waals surface area contributed by atoms with Crippen LogP contribution in [0.5, 0.6) is 0 Å². The van der Waals surface area contributed by atoms with E-state index in [1.165, 1.54) is 0 Å². The Bertz CT molecular complexity index is 202. The predicted octanol–water partition coefficient (Wildman–Crippen LogP) is 2.08. The number of nitrogens with one attached hydrogen (secondary N) is 1. The number of carbonyl (C=O) groups is 1. The molecular formula is C11H20ClNO2. The van der Waals surface area contributed by atoms with Crippen molar-refractivity contribution in [2.24, 2.45) is 0 Å². The van der Waals surface area contributed by atoms with Crippen molar-refractivity contribution in [3.05, 3.63) is 0 Å². The van der Waals surface area contributed by atoms with Gasteiger partial charge in [0.25, 0.3) is 0 Å². The van der Waals surface area contributed by atoms with Crippen LogP contribution in [0.25, 0.3) is 0 Å². The summed E-state index contributed by atoms with van der Waals surface area (Å²) >= 11 is 5.92. The predicted molar refractivity (Wildman–Crippen MR) is 61.1 cm³/mol. The van der Waals surface area contributed by atoms with Crippen LogP contribution in [0.3, 0.4) is 0 Å². The van der Waals surface area contributed by atoms with Gasteiger partial charge in [-0.15, -0.1) is 11.6 Å². The van der Waals surface area contributed by atoms with E-state index in [0.717, 1.165) is 25.7 Å². The maximum Gasteiger partial charge on any atom is 0.249 e. The van der Waals surface area contributed by atoms with E-state index in [-0.39, 0.29) is 17.6 Å². The average Bonchev–Trinajstić information content (AvgIpc) is 2.79. The zero-order valence-electron chi connectivity index (χ0n) is 9.51. The second kappa shape index (κ2) is 5.71. The molecule has 1 aliphatic rings. The Morgan fingerprint density at radius 1 is 1.53 bits per heavy atom. The highest BCUT2D eigenvalue weighted by Crippen LogP contribution is 2.19. The second-order valence-corrected chi connectivity index (χ2v) is 4.38. The number of halogens is 1. The third-order valence-electron chi connectivity index (χ3n) is 3.22. The van der Waals surface area contributed by atoms with Gasteiger partial charge >= 0.3 is 0 Å². The standard InChI is InChI=1S/C11H20ClNO2/c1-3-11(4-2,8-12)13-10(14)9-6-5-7-15-9/h9H,3-8H2,1-2H3,(H,13,14). The summed E-state index contributed by atoms with van der Waals surface area (Å²) in [4.78, 5) is 11.8. The van der Waals surface area contributed by atoms with E-state index < -0.39 is 0 Å². The molecule has 15 heavy (non-hydrogen) atoms. The molecule has 88 valence electrons. The SMILES string of the molecule is CCC(CC)(CCl)NC(=O)C1CCCO1. The minimum Gasteiger partial charge on any atom is -0.368 e. The molecular weight excluding hydrogens is 214 g/mol. The summed E-state index contributed by atoms with van der Waals surface area (Å²) in [6, 6.07) is 0. The lowest BCUT2D eigenvalue weighted by molar-refractivity contribution is -0.132. The number of rotatable bonds is 5. The van der Waals surface area contributed by atoms with Crippen LogP contribution in [-0.4, -0.2) is 30.0 Å². The minimum absolute atomic E-state index is 0.00292. The summed E-state index contributed by atoms with van der Waals surface area (Å²) in [5.41, 5.74) is -0.259. The van der Waals surface area contributed by atoms with Crippen molar-refractivity contribution >= 4 is 17.5 Å². The van der Waals surface area contributed by atoms with Crippen molar-refractivity contribution in [1.82, 2.24) is 5.32 Å². The van der Waals surface area contributed by atoms with Crippen molar-refractivity contribution < 1.29 is 9.53 Å². The van der Waals surface area contributed by atoms with E-state index in [1.807, 2.05) is 13.8 Å². The third kappa shape index (κ3) is 3.08. The summed E-state index contributed by atoms with van der Waals surface area (Å²) in [5, 5.41) is 3.03. The lowest BCUT2D eigenvalue weighted by Gasteiger charge is -2.31. The van der Waals surface area contributed by atoms with Gasteiger partial charge in [0.1, 0.15) is 6.10 Å². The Morgan fingerprint density at radius 2 is 2.20 bits per heavy atom. The van der Waals surface area contributed by atoms with Crippen LogP contribution in [0.4, 0.5) is 0 Å². The molecule has 1 N–H and O–H groups in total. The molecule has 0 saturated carbocycles. The molecule has 4 heteroatoms. The largest absolute Gasteiger partial charge is 0.368 e. The van der Waals surface area contributed by atoms with Crippen molar-refractivity contribution in [3.63, 3.8) is 0 Å². The monoisotopic (exact) mass is 233 g/mol. The van der Waals surface area contributed by atoms with Crippen molar-refractivity contribution in [2.75, 3.05) is 12.5 Å². The van der Waals surface area contributed by atoms with Gasteiger partial charge in [-0.3, -0.25) is 4.79 Å². The first-order valence-corrected chi connectivity index (χ1v) is 6.20. The van der Waals surface area contributed by atoms with E-state index in [9.17, 15) is 4.79 Å². The highest BCUT2D eigenvalue weighted by molar-refractivity contribution is 6.18. The molecule has 0 spiro atoms. The molecule has 1 rings (SSSR count). The molecule has 0 radical (unpaired) electrons. The van der Waals surface area contributed by atoms with E-state index in [4.69, 9.17) is 16.3 Å². The van der Waals surface area contributed by atoms with Gasteiger partial charge in [-0.2, -0.15) is 0 Å². The number of ether oxygens (including phenoxy) is 1. The maximum atomic E-state index is 11.8. The fraction of sp³-hybridized carbons (Fsp3) is 0.909. The van der Waals surface area contributed by atoms with Gasteiger partial charge in [-0.25, -0.2) is 0 Å². The fourth-order valence-corrected chi connectivity index (χ4v) is 2.22.